The first kappa shape index (κ1) is 37.2. The molecule has 2 unspecified atom stereocenters. The molecule has 7 heteroatoms. The number of anilines is 1. The predicted molar refractivity (Wildman–Crippen MR) is 169 cm³/mol. The van der Waals surface area contributed by atoms with Gasteiger partial charge in [-0.25, -0.2) is 4.57 Å². The second kappa shape index (κ2) is 24.8. The van der Waals surface area contributed by atoms with Gasteiger partial charge in [0.15, 0.2) is 12.4 Å². The maximum absolute atomic E-state index is 12.4. The van der Waals surface area contributed by atoms with Crippen molar-refractivity contribution in [2.24, 2.45) is 5.92 Å². The molecule has 1 aromatic rings. The number of phosphoric acid groups is 1. The number of pyridine rings is 1. The van der Waals surface area contributed by atoms with Gasteiger partial charge in [-0.05, 0) is 25.2 Å². The lowest BCUT2D eigenvalue weighted by atomic mass is 9.96. The topological polar surface area (TPSA) is 68.9 Å². The highest BCUT2D eigenvalue weighted by molar-refractivity contribution is 7.52. The SMILES string of the molecule is CCCCCCCCCCCCCCCCCC(CCC)CO[P+]([O-])(O)OCCCC[n+]1ccc(N(C)C)cc1. The molecule has 0 radical (unpaired) electrons. The van der Waals surface area contributed by atoms with Crippen LogP contribution in [0.15, 0.2) is 24.5 Å². The summed E-state index contributed by atoms with van der Waals surface area (Å²) in [6.07, 6.45) is 29.4. The van der Waals surface area contributed by atoms with E-state index >= 15 is 0 Å². The number of nitrogens with zero attached hydrogens (tertiary/aromatic N) is 2. The summed E-state index contributed by atoms with van der Waals surface area (Å²) in [7, 11) is 0.0642. The normalized spacial score (nSPS) is 13.8. The van der Waals surface area contributed by atoms with Crippen molar-refractivity contribution in [2.75, 3.05) is 32.2 Å². The third-order valence-corrected chi connectivity index (χ3v) is 8.83. The first-order chi connectivity index (χ1) is 19.4. The Morgan fingerprint density at radius 3 is 1.75 bits per heavy atom. The molecule has 0 aliphatic rings. The molecule has 0 aliphatic heterocycles. The second-order valence-corrected chi connectivity index (χ2v) is 13.3. The number of unbranched alkanes of at least 4 members (excludes halogenated alkanes) is 15. The van der Waals surface area contributed by atoms with Crippen LogP contribution in [0, 0.1) is 5.92 Å². The molecule has 0 spiro atoms. The van der Waals surface area contributed by atoms with E-state index in [2.05, 4.69) is 47.8 Å². The van der Waals surface area contributed by atoms with E-state index in [0.29, 0.717) is 18.9 Å². The van der Waals surface area contributed by atoms with Gasteiger partial charge in [-0.3, -0.25) is 0 Å². The van der Waals surface area contributed by atoms with Crippen LogP contribution in [0.25, 0.3) is 0 Å². The molecule has 0 amide bonds. The van der Waals surface area contributed by atoms with Gasteiger partial charge >= 0.3 is 8.17 Å². The molecular formula is C33H64N2O4P+. The van der Waals surface area contributed by atoms with Crippen LogP contribution in [-0.4, -0.2) is 32.2 Å². The Balaban J connectivity index is 2.03. The van der Waals surface area contributed by atoms with Gasteiger partial charge in [0.05, 0.1) is 13.2 Å². The van der Waals surface area contributed by atoms with Crippen molar-refractivity contribution in [2.45, 2.75) is 149 Å². The summed E-state index contributed by atoms with van der Waals surface area (Å²) < 4.78 is 12.8. The van der Waals surface area contributed by atoms with E-state index in [1.165, 1.54) is 102 Å². The first-order valence-corrected chi connectivity index (χ1v) is 18.2. The third-order valence-electron chi connectivity index (χ3n) is 7.84. The summed E-state index contributed by atoms with van der Waals surface area (Å²) in [6, 6.07) is 4.16. The van der Waals surface area contributed by atoms with Crippen LogP contribution in [-0.2, 0) is 15.6 Å². The maximum Gasteiger partial charge on any atom is 0.376 e. The summed E-state index contributed by atoms with van der Waals surface area (Å²) in [5, 5.41) is 0. The molecule has 2 atom stereocenters. The zero-order chi connectivity index (χ0) is 29.3. The van der Waals surface area contributed by atoms with Crippen molar-refractivity contribution in [1.82, 2.24) is 0 Å². The van der Waals surface area contributed by atoms with Crippen molar-refractivity contribution in [3.8, 4) is 0 Å². The molecule has 1 rings (SSSR count). The van der Waals surface area contributed by atoms with Gasteiger partial charge in [0, 0.05) is 38.3 Å². The fraction of sp³-hybridized carbons (Fsp3) is 0.848. The Kier molecular flexibility index (Phi) is 23.1. The van der Waals surface area contributed by atoms with Crippen LogP contribution in [0.5, 0.6) is 0 Å². The van der Waals surface area contributed by atoms with Gasteiger partial charge in [-0.15, -0.1) is 0 Å². The molecular weight excluding hydrogens is 519 g/mol. The van der Waals surface area contributed by atoms with Crippen molar-refractivity contribution in [1.29, 1.82) is 0 Å². The molecule has 1 aromatic heterocycles. The van der Waals surface area contributed by atoms with Crippen LogP contribution in [0.3, 0.4) is 0 Å². The Bertz CT molecular complexity index is 688. The van der Waals surface area contributed by atoms with E-state index in [1.807, 2.05) is 14.1 Å². The number of hydrogen-bond acceptors (Lipinski definition) is 5. The Labute approximate surface area is 248 Å². The molecule has 40 heavy (non-hydrogen) atoms. The smallest absolute Gasteiger partial charge is 0.376 e. The fourth-order valence-corrected chi connectivity index (χ4v) is 6.07. The van der Waals surface area contributed by atoms with Crippen molar-refractivity contribution < 1.29 is 23.4 Å². The lowest BCUT2D eigenvalue weighted by molar-refractivity contribution is -0.697. The van der Waals surface area contributed by atoms with Gasteiger partial charge in [0.25, 0.3) is 0 Å². The predicted octanol–water partition coefficient (Wildman–Crippen LogP) is 8.56. The Morgan fingerprint density at radius 2 is 1.25 bits per heavy atom. The minimum atomic E-state index is -3.99. The van der Waals surface area contributed by atoms with Crippen LogP contribution < -0.4 is 14.4 Å². The summed E-state index contributed by atoms with van der Waals surface area (Å²) in [5.41, 5.74) is 1.17. The monoisotopic (exact) mass is 583 g/mol. The van der Waals surface area contributed by atoms with E-state index in [9.17, 15) is 9.79 Å². The molecule has 0 bridgehead atoms. The highest BCUT2D eigenvalue weighted by Gasteiger charge is 2.28. The van der Waals surface area contributed by atoms with Gasteiger partial charge < -0.3 is 9.79 Å². The maximum atomic E-state index is 12.4. The quantitative estimate of drug-likeness (QED) is 0.0608. The van der Waals surface area contributed by atoms with Crippen LogP contribution in [0.1, 0.15) is 142 Å². The average molecular weight is 584 g/mol. The molecule has 1 N–H and O–H groups in total. The molecule has 6 nitrogen and oxygen atoms in total. The lowest BCUT2D eigenvalue weighted by Gasteiger charge is -2.22. The van der Waals surface area contributed by atoms with Gasteiger partial charge in [-0.1, -0.05) is 117 Å². The number of aromatic nitrogens is 1. The molecule has 234 valence electrons. The standard InChI is InChI=1S/C33H63N2O4P/c1-5-7-8-9-10-11-12-13-14-15-16-17-18-19-20-24-32(23-6-2)31-39-40(36,37)38-30-22-21-27-35-28-25-33(26-29-35)34(3)4/h25-26,28-29,32H,5-24,27,30-31H2,1-4H3/p+1. The average Bonchev–Trinajstić information content (AvgIpc) is 2.93. The molecule has 0 aliphatic carbocycles. The van der Waals surface area contributed by atoms with Crippen LogP contribution >= 0.6 is 8.17 Å². The van der Waals surface area contributed by atoms with Crippen molar-refractivity contribution >= 4 is 13.9 Å². The van der Waals surface area contributed by atoms with Crippen molar-refractivity contribution in [3.05, 3.63) is 24.5 Å². The van der Waals surface area contributed by atoms with E-state index in [4.69, 9.17) is 9.05 Å². The third kappa shape index (κ3) is 21.0. The first-order valence-electron chi connectivity index (χ1n) is 16.7. The van der Waals surface area contributed by atoms with E-state index in [-0.39, 0.29) is 6.61 Å². The number of hydrogen-bond donors (Lipinski definition) is 1. The summed E-state index contributed by atoms with van der Waals surface area (Å²) in [5.74, 6) is 0.331. The molecule has 0 saturated carbocycles. The molecule has 0 aromatic carbocycles. The lowest BCUT2D eigenvalue weighted by Crippen LogP contribution is -2.33. The fourth-order valence-electron chi connectivity index (χ4n) is 5.23. The van der Waals surface area contributed by atoms with Gasteiger partial charge in [0.2, 0.25) is 0 Å². The minimum Gasteiger partial charge on any atom is -0.606 e. The van der Waals surface area contributed by atoms with E-state index in [0.717, 1.165) is 32.2 Å². The molecule has 0 fully saturated rings. The largest absolute Gasteiger partial charge is 0.606 e. The zero-order valence-corrected chi connectivity index (χ0v) is 27.6. The summed E-state index contributed by atoms with van der Waals surface area (Å²) >= 11 is 0. The van der Waals surface area contributed by atoms with Gasteiger partial charge in [-0.2, -0.15) is 13.9 Å². The minimum absolute atomic E-state index is 0.238. The number of rotatable bonds is 28. The summed E-state index contributed by atoms with van der Waals surface area (Å²) in [4.78, 5) is 24.6. The Morgan fingerprint density at radius 1 is 0.725 bits per heavy atom. The molecule has 1 heterocycles. The highest BCUT2D eigenvalue weighted by atomic mass is 31.2. The summed E-state index contributed by atoms with van der Waals surface area (Å²) in [6.45, 7) is 5.85. The number of aryl methyl sites for hydroxylation is 1. The van der Waals surface area contributed by atoms with E-state index < -0.39 is 8.17 Å². The zero-order valence-electron chi connectivity index (χ0n) is 26.7. The van der Waals surface area contributed by atoms with Crippen molar-refractivity contribution in [3.63, 3.8) is 0 Å². The van der Waals surface area contributed by atoms with Crippen LogP contribution in [0.4, 0.5) is 5.69 Å². The highest BCUT2D eigenvalue weighted by Crippen LogP contribution is 2.48. The van der Waals surface area contributed by atoms with Crippen LogP contribution in [0.2, 0.25) is 0 Å². The van der Waals surface area contributed by atoms with Gasteiger partial charge in [0.1, 0.15) is 6.54 Å². The van der Waals surface area contributed by atoms with E-state index in [1.54, 1.807) is 0 Å². The second-order valence-electron chi connectivity index (χ2n) is 11.9. The molecule has 0 saturated heterocycles. The Hall–Kier alpha value is -0.780. The number of phosphoric ester groups is 1.